The minimum Gasteiger partial charge on any atom is -0.371 e. The summed E-state index contributed by atoms with van der Waals surface area (Å²) in [5, 5.41) is 3.65. The average Bonchev–Trinajstić information content (AvgIpc) is 2.44. The molecule has 1 atom stereocenters. The highest BCUT2D eigenvalue weighted by Gasteiger charge is 2.36. The van der Waals surface area contributed by atoms with Crippen molar-refractivity contribution in [1.82, 2.24) is 10.2 Å². The van der Waals surface area contributed by atoms with Gasteiger partial charge in [-0.1, -0.05) is 27.2 Å². The highest BCUT2D eigenvalue weighted by Crippen LogP contribution is 2.24. The molecule has 1 heterocycles. The molecule has 0 spiro atoms. The Bertz CT molecular complexity index is 293. The number of nitrogens with one attached hydrogen (secondary N) is 1. The smallest absolute Gasteiger partial charge is 0.371 e. The highest BCUT2D eigenvalue weighted by molar-refractivity contribution is 4.96. The molecule has 1 aliphatic rings. The highest BCUT2D eigenvalue weighted by atomic mass is 19.4. The predicted molar refractivity (Wildman–Crippen MR) is 78.5 cm³/mol. The first kappa shape index (κ1) is 18.7. The van der Waals surface area contributed by atoms with Crippen LogP contribution in [0.5, 0.6) is 0 Å². The lowest BCUT2D eigenvalue weighted by Gasteiger charge is -2.47. The van der Waals surface area contributed by atoms with Crippen LogP contribution < -0.4 is 5.32 Å². The van der Waals surface area contributed by atoms with Crippen LogP contribution in [0.2, 0.25) is 0 Å². The lowest BCUT2D eigenvalue weighted by atomic mass is 9.88. The molecule has 0 radical (unpaired) electrons. The molecule has 1 rings (SSSR count). The van der Waals surface area contributed by atoms with Gasteiger partial charge in [-0.3, -0.25) is 4.90 Å². The first-order valence-corrected chi connectivity index (χ1v) is 7.99. The van der Waals surface area contributed by atoms with Crippen molar-refractivity contribution in [2.45, 2.75) is 64.2 Å². The third-order valence-electron chi connectivity index (χ3n) is 4.50. The van der Waals surface area contributed by atoms with Gasteiger partial charge in [0.25, 0.3) is 0 Å². The molecule has 1 saturated heterocycles. The Morgan fingerprint density at radius 1 is 1.24 bits per heavy atom. The van der Waals surface area contributed by atoms with Gasteiger partial charge >= 0.3 is 6.18 Å². The van der Waals surface area contributed by atoms with Gasteiger partial charge in [0.15, 0.2) is 0 Å². The summed E-state index contributed by atoms with van der Waals surface area (Å²) in [7, 11) is 0. The number of ether oxygens (including phenoxy) is 1. The Morgan fingerprint density at radius 2 is 1.90 bits per heavy atom. The molecule has 0 bridgehead atoms. The fraction of sp³-hybridized carbons (Fsp3) is 1.00. The fourth-order valence-corrected chi connectivity index (χ4v) is 3.01. The SMILES string of the molecule is CCCC1CNC(CC)(CC)CN1CCOCC(F)(F)F. The van der Waals surface area contributed by atoms with Crippen molar-refractivity contribution < 1.29 is 17.9 Å². The lowest BCUT2D eigenvalue weighted by molar-refractivity contribution is -0.175. The zero-order chi connectivity index (χ0) is 15.9. The van der Waals surface area contributed by atoms with Crippen LogP contribution in [0.25, 0.3) is 0 Å². The van der Waals surface area contributed by atoms with Crippen LogP contribution in [-0.2, 0) is 4.74 Å². The number of alkyl halides is 3. The van der Waals surface area contributed by atoms with Crippen molar-refractivity contribution >= 4 is 0 Å². The monoisotopic (exact) mass is 310 g/mol. The van der Waals surface area contributed by atoms with Crippen LogP contribution in [0.1, 0.15) is 46.5 Å². The first-order valence-electron chi connectivity index (χ1n) is 7.99. The van der Waals surface area contributed by atoms with Crippen molar-refractivity contribution in [2.24, 2.45) is 0 Å². The van der Waals surface area contributed by atoms with Gasteiger partial charge in [-0.15, -0.1) is 0 Å². The summed E-state index contributed by atoms with van der Waals surface area (Å²) >= 11 is 0. The van der Waals surface area contributed by atoms with Crippen molar-refractivity contribution in [3.05, 3.63) is 0 Å². The molecule has 0 aromatic heterocycles. The van der Waals surface area contributed by atoms with Crippen molar-refractivity contribution in [2.75, 3.05) is 32.8 Å². The van der Waals surface area contributed by atoms with Gasteiger partial charge in [0.1, 0.15) is 6.61 Å². The van der Waals surface area contributed by atoms with E-state index < -0.39 is 12.8 Å². The average molecular weight is 310 g/mol. The second-order valence-corrected chi connectivity index (χ2v) is 5.95. The van der Waals surface area contributed by atoms with E-state index in [2.05, 4.69) is 31.0 Å². The second kappa shape index (κ2) is 8.34. The maximum absolute atomic E-state index is 12.1. The maximum atomic E-state index is 12.1. The Labute approximate surface area is 126 Å². The summed E-state index contributed by atoms with van der Waals surface area (Å²) in [5.41, 5.74) is 0.0915. The van der Waals surface area contributed by atoms with E-state index in [0.717, 1.165) is 38.8 Å². The molecule has 1 fully saturated rings. The molecule has 1 unspecified atom stereocenters. The van der Waals surface area contributed by atoms with E-state index in [1.54, 1.807) is 0 Å². The minimum atomic E-state index is -4.23. The van der Waals surface area contributed by atoms with E-state index in [-0.39, 0.29) is 12.1 Å². The van der Waals surface area contributed by atoms with E-state index in [9.17, 15) is 13.2 Å². The maximum Gasteiger partial charge on any atom is 0.411 e. The number of rotatable bonds is 8. The summed E-state index contributed by atoms with van der Waals surface area (Å²) in [5.74, 6) is 0. The van der Waals surface area contributed by atoms with E-state index in [4.69, 9.17) is 4.74 Å². The van der Waals surface area contributed by atoms with Gasteiger partial charge in [0.2, 0.25) is 0 Å². The van der Waals surface area contributed by atoms with Crippen molar-refractivity contribution in [3.63, 3.8) is 0 Å². The topological polar surface area (TPSA) is 24.5 Å². The molecule has 6 heteroatoms. The normalized spacial score (nSPS) is 23.4. The Kier molecular flexibility index (Phi) is 7.44. The molecule has 0 saturated carbocycles. The van der Waals surface area contributed by atoms with Crippen molar-refractivity contribution in [3.8, 4) is 0 Å². The van der Waals surface area contributed by atoms with Gasteiger partial charge in [0.05, 0.1) is 6.61 Å². The summed E-state index contributed by atoms with van der Waals surface area (Å²) < 4.78 is 41.1. The van der Waals surface area contributed by atoms with Crippen LogP contribution in [0.15, 0.2) is 0 Å². The van der Waals surface area contributed by atoms with Gasteiger partial charge < -0.3 is 10.1 Å². The molecule has 3 nitrogen and oxygen atoms in total. The van der Waals surface area contributed by atoms with Crippen molar-refractivity contribution in [1.29, 1.82) is 0 Å². The molecule has 0 aromatic rings. The van der Waals surface area contributed by atoms with Crippen LogP contribution in [0.3, 0.4) is 0 Å². The Balaban J connectivity index is 2.51. The lowest BCUT2D eigenvalue weighted by Crippen LogP contribution is -2.64. The molecule has 0 aromatic carbocycles. The molecule has 126 valence electrons. The number of nitrogens with zero attached hydrogens (tertiary/aromatic N) is 1. The summed E-state index contributed by atoms with van der Waals surface area (Å²) in [6.45, 7) is 7.83. The molecule has 0 aliphatic carbocycles. The number of piperazine rings is 1. The van der Waals surface area contributed by atoms with Crippen LogP contribution >= 0.6 is 0 Å². The van der Waals surface area contributed by atoms with E-state index >= 15 is 0 Å². The third-order valence-corrected chi connectivity index (χ3v) is 4.50. The van der Waals surface area contributed by atoms with Crippen LogP contribution in [0, 0.1) is 0 Å². The quantitative estimate of drug-likeness (QED) is 0.697. The van der Waals surface area contributed by atoms with Gasteiger partial charge in [-0.25, -0.2) is 0 Å². The number of halogens is 3. The van der Waals surface area contributed by atoms with Gasteiger partial charge in [0, 0.05) is 31.2 Å². The van der Waals surface area contributed by atoms with Gasteiger partial charge in [-0.2, -0.15) is 13.2 Å². The largest absolute Gasteiger partial charge is 0.411 e. The summed E-state index contributed by atoms with van der Waals surface area (Å²) in [4.78, 5) is 2.31. The number of hydrogen-bond donors (Lipinski definition) is 1. The Morgan fingerprint density at radius 3 is 2.43 bits per heavy atom. The summed E-state index contributed by atoms with van der Waals surface area (Å²) in [6, 6.07) is 0.399. The molecular formula is C15H29F3N2O. The Hall–Kier alpha value is -0.330. The van der Waals surface area contributed by atoms with Gasteiger partial charge in [-0.05, 0) is 19.3 Å². The predicted octanol–water partition coefficient (Wildman–Crippen LogP) is 3.20. The molecule has 1 aliphatic heterocycles. The van der Waals surface area contributed by atoms with Crippen LogP contribution in [0.4, 0.5) is 13.2 Å². The van der Waals surface area contributed by atoms with E-state index in [1.165, 1.54) is 0 Å². The first-order chi connectivity index (χ1) is 9.86. The minimum absolute atomic E-state index is 0.0915. The summed E-state index contributed by atoms with van der Waals surface area (Å²) in [6.07, 6.45) is -0.0271. The zero-order valence-corrected chi connectivity index (χ0v) is 13.4. The van der Waals surface area contributed by atoms with E-state index in [1.807, 2.05) is 0 Å². The molecule has 0 amide bonds. The fourth-order valence-electron chi connectivity index (χ4n) is 3.01. The zero-order valence-electron chi connectivity index (χ0n) is 13.4. The third kappa shape index (κ3) is 6.12. The second-order valence-electron chi connectivity index (χ2n) is 5.95. The molecular weight excluding hydrogens is 281 g/mol. The molecule has 21 heavy (non-hydrogen) atoms. The molecule has 1 N–H and O–H groups in total. The number of hydrogen-bond acceptors (Lipinski definition) is 3. The van der Waals surface area contributed by atoms with E-state index in [0.29, 0.717) is 12.6 Å². The standard InChI is InChI=1S/C15H29F3N2O/c1-4-7-13-10-19-14(5-2,6-3)11-20(13)8-9-21-12-15(16,17)18/h13,19H,4-12H2,1-3H3. The van der Waals surface area contributed by atoms with Crippen LogP contribution in [-0.4, -0.2) is 55.5 Å².